The van der Waals surface area contributed by atoms with E-state index in [0.29, 0.717) is 6.29 Å². The maximum Gasteiger partial charge on any atom is 0.306 e. The van der Waals surface area contributed by atoms with E-state index in [1.54, 1.807) is 0 Å². The molecule has 0 saturated heterocycles. The molecule has 0 bridgehead atoms. The number of aldehydes is 1. The van der Waals surface area contributed by atoms with Gasteiger partial charge in [-0.15, -0.1) is 0 Å². The number of aromatic amines is 1. The number of aliphatic carboxylic acids is 1. The summed E-state index contributed by atoms with van der Waals surface area (Å²) in [5.74, 6) is -1.20. The number of carboxylic acid groups (broad SMARTS) is 1. The number of aliphatic hydroxyl groups excluding tert-OH is 2. The average Bonchev–Trinajstić information content (AvgIpc) is 2.63. The molecule has 0 radical (unpaired) electrons. The number of carbonyl (C=O) groups excluding carboxylic acids is 1. The second-order valence-corrected chi connectivity index (χ2v) is 3.12. The highest BCUT2D eigenvalue weighted by Crippen LogP contribution is 2.19. The molecule has 6 nitrogen and oxygen atoms in total. The average molecular weight is 213 g/mol. The van der Waals surface area contributed by atoms with E-state index >= 15 is 0 Å². The standard InChI is InChI=1S/C9H11NO5/c11-4-6-1-5(3-10-6)9(15)7(12)2-8(13)14/h1,3-4,7,9-10,12,15H,2H2,(H,13,14). The molecule has 2 unspecified atom stereocenters. The van der Waals surface area contributed by atoms with Gasteiger partial charge in [0.1, 0.15) is 6.10 Å². The summed E-state index contributed by atoms with van der Waals surface area (Å²) in [6.45, 7) is 0. The van der Waals surface area contributed by atoms with E-state index in [0.717, 1.165) is 0 Å². The SMILES string of the molecule is O=Cc1cc(C(O)C(O)CC(=O)O)c[nH]1. The van der Waals surface area contributed by atoms with Crippen LogP contribution < -0.4 is 0 Å². The monoisotopic (exact) mass is 213 g/mol. The fraction of sp³-hybridized carbons (Fsp3) is 0.333. The molecule has 0 aromatic carbocycles. The number of nitrogens with one attached hydrogen (secondary N) is 1. The quantitative estimate of drug-likeness (QED) is 0.502. The molecule has 0 amide bonds. The Bertz CT molecular complexity index is 359. The zero-order chi connectivity index (χ0) is 11.4. The molecule has 2 atom stereocenters. The summed E-state index contributed by atoms with van der Waals surface area (Å²) < 4.78 is 0. The van der Waals surface area contributed by atoms with Crippen molar-refractivity contribution < 1.29 is 24.9 Å². The van der Waals surface area contributed by atoms with Crippen molar-refractivity contribution in [3.05, 3.63) is 23.5 Å². The number of hydrogen-bond donors (Lipinski definition) is 4. The highest BCUT2D eigenvalue weighted by molar-refractivity contribution is 5.72. The third-order valence-electron chi connectivity index (χ3n) is 1.94. The topological polar surface area (TPSA) is 111 Å². The van der Waals surface area contributed by atoms with Gasteiger partial charge in [0.25, 0.3) is 0 Å². The Morgan fingerprint density at radius 1 is 1.53 bits per heavy atom. The van der Waals surface area contributed by atoms with Crippen molar-refractivity contribution in [2.24, 2.45) is 0 Å². The molecule has 0 aliphatic rings. The van der Waals surface area contributed by atoms with Crippen LogP contribution in [-0.2, 0) is 4.79 Å². The molecule has 6 heteroatoms. The van der Waals surface area contributed by atoms with Gasteiger partial charge in [-0.2, -0.15) is 0 Å². The first kappa shape index (κ1) is 11.4. The number of rotatable bonds is 5. The Balaban J connectivity index is 2.70. The Kier molecular flexibility index (Phi) is 3.59. The van der Waals surface area contributed by atoms with Crippen LogP contribution >= 0.6 is 0 Å². The summed E-state index contributed by atoms with van der Waals surface area (Å²) >= 11 is 0. The molecule has 0 aliphatic heterocycles. The minimum atomic E-state index is -1.39. The molecule has 15 heavy (non-hydrogen) atoms. The largest absolute Gasteiger partial charge is 0.481 e. The molecule has 0 fully saturated rings. The first-order chi connectivity index (χ1) is 7.04. The van der Waals surface area contributed by atoms with E-state index in [1.807, 2.05) is 0 Å². The lowest BCUT2D eigenvalue weighted by atomic mass is 10.1. The van der Waals surface area contributed by atoms with Gasteiger partial charge >= 0.3 is 5.97 Å². The van der Waals surface area contributed by atoms with E-state index in [2.05, 4.69) is 4.98 Å². The first-order valence-electron chi connectivity index (χ1n) is 4.26. The summed E-state index contributed by atoms with van der Waals surface area (Å²) in [7, 11) is 0. The van der Waals surface area contributed by atoms with Crippen LogP contribution in [0.15, 0.2) is 12.3 Å². The Morgan fingerprint density at radius 3 is 2.67 bits per heavy atom. The van der Waals surface area contributed by atoms with Crippen LogP contribution in [-0.4, -0.2) is 38.7 Å². The van der Waals surface area contributed by atoms with Gasteiger partial charge in [-0.05, 0) is 6.07 Å². The van der Waals surface area contributed by atoms with Crippen molar-refractivity contribution in [2.45, 2.75) is 18.6 Å². The number of carbonyl (C=O) groups is 2. The van der Waals surface area contributed by atoms with Crippen molar-refractivity contribution in [3.63, 3.8) is 0 Å². The van der Waals surface area contributed by atoms with Crippen LogP contribution in [0, 0.1) is 0 Å². The minimum Gasteiger partial charge on any atom is -0.481 e. The third-order valence-corrected chi connectivity index (χ3v) is 1.94. The Morgan fingerprint density at radius 2 is 2.20 bits per heavy atom. The molecule has 0 aliphatic carbocycles. The van der Waals surface area contributed by atoms with Crippen LogP contribution in [0.5, 0.6) is 0 Å². The normalized spacial score (nSPS) is 14.5. The Labute approximate surface area is 85.2 Å². The summed E-state index contributed by atoms with van der Waals surface area (Å²) in [5, 5.41) is 27.2. The van der Waals surface area contributed by atoms with Crippen molar-refractivity contribution in [3.8, 4) is 0 Å². The molecule has 1 aromatic heterocycles. The molecule has 0 spiro atoms. The zero-order valence-electron chi connectivity index (χ0n) is 7.75. The molecule has 0 saturated carbocycles. The number of aliphatic hydroxyl groups is 2. The molecule has 82 valence electrons. The lowest BCUT2D eigenvalue weighted by Gasteiger charge is -2.14. The maximum atomic E-state index is 10.3. The predicted octanol–water partition coefficient (Wildman–Crippen LogP) is -0.304. The molecular weight excluding hydrogens is 202 g/mol. The summed E-state index contributed by atoms with van der Waals surface area (Å²) in [6.07, 6.45) is -1.36. The van der Waals surface area contributed by atoms with Gasteiger partial charge in [0.2, 0.25) is 0 Å². The fourth-order valence-electron chi connectivity index (χ4n) is 1.18. The first-order valence-corrected chi connectivity index (χ1v) is 4.26. The lowest BCUT2D eigenvalue weighted by Crippen LogP contribution is -2.21. The molecule has 1 rings (SSSR count). The fourth-order valence-corrected chi connectivity index (χ4v) is 1.18. The van der Waals surface area contributed by atoms with E-state index in [1.165, 1.54) is 12.3 Å². The maximum absolute atomic E-state index is 10.3. The van der Waals surface area contributed by atoms with Gasteiger partial charge in [0.15, 0.2) is 6.29 Å². The van der Waals surface area contributed by atoms with Crippen molar-refractivity contribution in [2.75, 3.05) is 0 Å². The molecular formula is C9H11NO5. The summed E-state index contributed by atoms with van der Waals surface area (Å²) in [5.41, 5.74) is 0.539. The second-order valence-electron chi connectivity index (χ2n) is 3.12. The molecule has 1 heterocycles. The van der Waals surface area contributed by atoms with E-state index in [4.69, 9.17) is 5.11 Å². The summed E-state index contributed by atoms with van der Waals surface area (Å²) in [4.78, 5) is 23.2. The van der Waals surface area contributed by atoms with Crippen LogP contribution in [0.25, 0.3) is 0 Å². The van der Waals surface area contributed by atoms with E-state index < -0.39 is 24.6 Å². The van der Waals surface area contributed by atoms with Crippen LogP contribution in [0.3, 0.4) is 0 Å². The van der Waals surface area contributed by atoms with Gasteiger partial charge in [0, 0.05) is 11.8 Å². The van der Waals surface area contributed by atoms with E-state index in [9.17, 15) is 19.8 Å². The summed E-state index contributed by atoms with van der Waals surface area (Å²) in [6, 6.07) is 1.35. The highest BCUT2D eigenvalue weighted by atomic mass is 16.4. The van der Waals surface area contributed by atoms with Gasteiger partial charge in [-0.3, -0.25) is 9.59 Å². The van der Waals surface area contributed by atoms with Gasteiger partial charge in [-0.25, -0.2) is 0 Å². The number of aromatic nitrogens is 1. The van der Waals surface area contributed by atoms with Crippen LogP contribution in [0.2, 0.25) is 0 Å². The van der Waals surface area contributed by atoms with Crippen LogP contribution in [0.1, 0.15) is 28.6 Å². The number of carboxylic acids is 1. The second kappa shape index (κ2) is 4.72. The molecule has 4 N–H and O–H groups in total. The predicted molar refractivity (Wildman–Crippen MR) is 49.4 cm³/mol. The number of hydrogen-bond acceptors (Lipinski definition) is 4. The minimum absolute atomic E-state index is 0.256. The number of H-pyrrole nitrogens is 1. The van der Waals surface area contributed by atoms with Gasteiger partial charge < -0.3 is 20.3 Å². The smallest absolute Gasteiger partial charge is 0.306 e. The highest BCUT2D eigenvalue weighted by Gasteiger charge is 2.21. The van der Waals surface area contributed by atoms with Crippen molar-refractivity contribution >= 4 is 12.3 Å². The van der Waals surface area contributed by atoms with Crippen LogP contribution in [0.4, 0.5) is 0 Å². The lowest BCUT2D eigenvalue weighted by molar-refractivity contribution is -0.141. The molecule has 1 aromatic rings. The van der Waals surface area contributed by atoms with Crippen molar-refractivity contribution in [1.29, 1.82) is 0 Å². The third kappa shape index (κ3) is 2.90. The van der Waals surface area contributed by atoms with Crippen molar-refractivity contribution in [1.82, 2.24) is 4.98 Å². The van der Waals surface area contributed by atoms with Gasteiger partial charge in [0.05, 0.1) is 18.2 Å². The zero-order valence-corrected chi connectivity index (χ0v) is 7.75. The van der Waals surface area contributed by atoms with Gasteiger partial charge in [-0.1, -0.05) is 0 Å². The van der Waals surface area contributed by atoms with E-state index in [-0.39, 0.29) is 11.3 Å². The Hall–Kier alpha value is -1.66.